The fourth-order valence-electron chi connectivity index (χ4n) is 1.04. The molecule has 1 fully saturated rings. The summed E-state index contributed by atoms with van der Waals surface area (Å²) in [7, 11) is 0. The van der Waals surface area contributed by atoms with E-state index in [9.17, 15) is 5.11 Å². The maximum atomic E-state index is 9.18. The van der Waals surface area contributed by atoms with Crippen molar-refractivity contribution in [2.45, 2.75) is 30.2 Å². The SMILES string of the molecule is OC[C@H]1O[C@H](S)C(O)C[C@H]1O. The first-order valence-corrected chi connectivity index (χ1v) is 3.97. The van der Waals surface area contributed by atoms with Crippen LogP contribution in [0.1, 0.15) is 6.42 Å². The van der Waals surface area contributed by atoms with Gasteiger partial charge < -0.3 is 20.1 Å². The number of rotatable bonds is 1. The first-order chi connectivity index (χ1) is 5.15. The molecule has 0 aliphatic carbocycles. The van der Waals surface area contributed by atoms with Crippen molar-refractivity contribution in [1.29, 1.82) is 0 Å². The predicted octanol–water partition coefficient (Wildman–Crippen LogP) is -1.25. The zero-order chi connectivity index (χ0) is 8.43. The fraction of sp³-hybridized carbons (Fsp3) is 1.00. The molecule has 66 valence electrons. The Morgan fingerprint density at radius 1 is 1.36 bits per heavy atom. The van der Waals surface area contributed by atoms with Crippen molar-refractivity contribution in [1.82, 2.24) is 0 Å². The maximum absolute atomic E-state index is 9.18. The molecule has 1 saturated heterocycles. The second-order valence-corrected chi connectivity index (χ2v) is 3.13. The van der Waals surface area contributed by atoms with Crippen molar-refractivity contribution in [2.24, 2.45) is 0 Å². The van der Waals surface area contributed by atoms with E-state index in [1.165, 1.54) is 0 Å². The molecule has 0 spiro atoms. The van der Waals surface area contributed by atoms with E-state index >= 15 is 0 Å². The highest BCUT2D eigenvalue weighted by atomic mass is 32.1. The van der Waals surface area contributed by atoms with Crippen LogP contribution >= 0.6 is 12.6 Å². The summed E-state index contributed by atoms with van der Waals surface area (Å²) in [5.41, 5.74) is -0.601. The minimum absolute atomic E-state index is 0.208. The Bertz CT molecular complexity index is 132. The second kappa shape index (κ2) is 3.73. The Kier molecular flexibility index (Phi) is 3.15. The second-order valence-electron chi connectivity index (χ2n) is 2.62. The van der Waals surface area contributed by atoms with Crippen molar-refractivity contribution in [2.75, 3.05) is 6.61 Å². The van der Waals surface area contributed by atoms with Crippen molar-refractivity contribution in [3.05, 3.63) is 0 Å². The molecule has 11 heavy (non-hydrogen) atoms. The summed E-state index contributed by atoms with van der Waals surface area (Å²) in [6.45, 7) is -0.245. The highest BCUT2D eigenvalue weighted by Gasteiger charge is 2.33. The monoisotopic (exact) mass is 180 g/mol. The van der Waals surface area contributed by atoms with E-state index in [1.807, 2.05) is 0 Å². The maximum Gasteiger partial charge on any atom is 0.127 e. The quantitative estimate of drug-likeness (QED) is 0.380. The molecule has 0 radical (unpaired) electrons. The van der Waals surface area contributed by atoms with Crippen molar-refractivity contribution < 1.29 is 20.1 Å². The molecule has 5 heteroatoms. The molecule has 4 nitrogen and oxygen atoms in total. The van der Waals surface area contributed by atoms with Crippen LogP contribution in [-0.4, -0.2) is 45.7 Å². The summed E-state index contributed by atoms with van der Waals surface area (Å²) in [6, 6.07) is 0. The van der Waals surface area contributed by atoms with Gasteiger partial charge in [-0.2, -0.15) is 0 Å². The Labute approximate surface area is 70.2 Å². The van der Waals surface area contributed by atoms with Crippen LogP contribution in [-0.2, 0) is 4.74 Å². The van der Waals surface area contributed by atoms with Gasteiger partial charge in [0.2, 0.25) is 0 Å². The van der Waals surface area contributed by atoms with Gasteiger partial charge >= 0.3 is 0 Å². The van der Waals surface area contributed by atoms with Gasteiger partial charge in [-0.15, -0.1) is 12.6 Å². The van der Waals surface area contributed by atoms with E-state index in [1.54, 1.807) is 0 Å². The van der Waals surface area contributed by atoms with Crippen LogP contribution in [0.25, 0.3) is 0 Å². The normalized spacial score (nSPS) is 45.8. The third-order valence-corrected chi connectivity index (χ3v) is 2.20. The molecule has 1 rings (SSSR count). The lowest BCUT2D eigenvalue weighted by Crippen LogP contribution is -2.46. The Balaban J connectivity index is 2.48. The summed E-state index contributed by atoms with van der Waals surface area (Å²) >= 11 is 3.92. The van der Waals surface area contributed by atoms with Gasteiger partial charge in [-0.25, -0.2) is 0 Å². The fourth-order valence-corrected chi connectivity index (χ4v) is 1.32. The minimum atomic E-state index is -0.793. The van der Waals surface area contributed by atoms with Crippen LogP contribution < -0.4 is 0 Å². The van der Waals surface area contributed by atoms with Crippen LogP contribution in [0, 0.1) is 0 Å². The van der Waals surface area contributed by atoms with E-state index in [-0.39, 0.29) is 13.0 Å². The standard InChI is InChI=1S/C6H12O4S/c7-2-5-3(8)1-4(9)6(11)10-5/h3-9,11H,1-2H2/t3-,4?,5-,6-/m1/s1. The summed E-state index contributed by atoms with van der Waals surface area (Å²) < 4.78 is 4.97. The molecule has 0 aromatic rings. The van der Waals surface area contributed by atoms with Crippen LogP contribution in [0.5, 0.6) is 0 Å². The first-order valence-electron chi connectivity index (χ1n) is 3.45. The largest absolute Gasteiger partial charge is 0.394 e. The molecule has 1 aliphatic rings. The molecule has 1 heterocycles. The van der Waals surface area contributed by atoms with Gasteiger partial charge in [-0.05, 0) is 0 Å². The topological polar surface area (TPSA) is 69.9 Å². The summed E-state index contributed by atoms with van der Waals surface area (Å²) in [5, 5.41) is 27.0. The summed E-state index contributed by atoms with van der Waals surface area (Å²) in [4.78, 5) is 0. The predicted molar refractivity (Wildman–Crippen MR) is 41.4 cm³/mol. The lowest BCUT2D eigenvalue weighted by molar-refractivity contribution is -0.149. The smallest absolute Gasteiger partial charge is 0.127 e. The number of aliphatic hydroxyl groups is 3. The zero-order valence-electron chi connectivity index (χ0n) is 5.92. The molecule has 1 aliphatic heterocycles. The van der Waals surface area contributed by atoms with Crippen molar-refractivity contribution >= 4 is 12.6 Å². The van der Waals surface area contributed by atoms with Gasteiger partial charge in [0.1, 0.15) is 11.5 Å². The molecule has 0 aromatic heterocycles. The van der Waals surface area contributed by atoms with Crippen LogP contribution in [0.15, 0.2) is 0 Å². The number of hydrogen-bond donors (Lipinski definition) is 4. The van der Waals surface area contributed by atoms with E-state index < -0.39 is 23.7 Å². The van der Waals surface area contributed by atoms with Crippen molar-refractivity contribution in [3.8, 4) is 0 Å². The van der Waals surface area contributed by atoms with Gasteiger partial charge in [0.25, 0.3) is 0 Å². The Hall–Kier alpha value is 0.190. The zero-order valence-corrected chi connectivity index (χ0v) is 6.82. The molecule has 0 amide bonds. The molecular formula is C6H12O4S. The molecule has 3 N–H and O–H groups in total. The average molecular weight is 180 g/mol. The van der Waals surface area contributed by atoms with Gasteiger partial charge in [0.05, 0.1) is 18.8 Å². The van der Waals surface area contributed by atoms with Crippen LogP contribution in [0.2, 0.25) is 0 Å². The van der Waals surface area contributed by atoms with Crippen LogP contribution in [0.3, 0.4) is 0 Å². The Morgan fingerprint density at radius 2 is 2.00 bits per heavy atom. The first kappa shape index (κ1) is 9.28. The third-order valence-electron chi connectivity index (χ3n) is 1.74. The van der Waals surface area contributed by atoms with E-state index in [2.05, 4.69) is 12.6 Å². The molecule has 1 unspecified atom stereocenters. The van der Waals surface area contributed by atoms with Gasteiger partial charge in [0, 0.05) is 6.42 Å². The van der Waals surface area contributed by atoms with E-state index in [0.717, 1.165) is 0 Å². The summed E-state index contributed by atoms with van der Waals surface area (Å²) in [5.74, 6) is 0. The lowest BCUT2D eigenvalue weighted by Gasteiger charge is -2.33. The number of aliphatic hydroxyl groups excluding tert-OH is 3. The molecule has 0 saturated carbocycles. The average Bonchev–Trinajstić information content (AvgIpc) is 1.97. The third kappa shape index (κ3) is 2.07. The minimum Gasteiger partial charge on any atom is -0.394 e. The number of ether oxygens (including phenoxy) is 1. The van der Waals surface area contributed by atoms with E-state index in [0.29, 0.717) is 0 Å². The van der Waals surface area contributed by atoms with Crippen molar-refractivity contribution in [3.63, 3.8) is 0 Å². The van der Waals surface area contributed by atoms with Crippen LogP contribution in [0.4, 0.5) is 0 Å². The van der Waals surface area contributed by atoms with Gasteiger partial charge in [0.15, 0.2) is 0 Å². The molecule has 0 aromatic carbocycles. The van der Waals surface area contributed by atoms with Gasteiger partial charge in [-0.1, -0.05) is 0 Å². The Morgan fingerprint density at radius 3 is 2.55 bits per heavy atom. The summed E-state index contributed by atoms with van der Waals surface area (Å²) in [6.07, 6.45) is -1.95. The van der Waals surface area contributed by atoms with E-state index in [4.69, 9.17) is 14.9 Å². The molecule has 0 bridgehead atoms. The lowest BCUT2D eigenvalue weighted by atomic mass is 10.0. The number of hydrogen-bond acceptors (Lipinski definition) is 5. The highest BCUT2D eigenvalue weighted by Crippen LogP contribution is 2.21. The highest BCUT2D eigenvalue weighted by molar-refractivity contribution is 7.80. The van der Waals surface area contributed by atoms with Gasteiger partial charge in [-0.3, -0.25) is 0 Å². The number of thiol groups is 1. The molecular weight excluding hydrogens is 168 g/mol. The molecule has 4 atom stereocenters.